The van der Waals surface area contributed by atoms with Crippen LogP contribution in [0, 0.1) is 11.8 Å². The van der Waals surface area contributed by atoms with Gasteiger partial charge in [-0.15, -0.1) is 0 Å². The van der Waals surface area contributed by atoms with Gasteiger partial charge in [-0.2, -0.15) is 0 Å². The molecular weight excluding hydrogens is 274 g/mol. The quantitative estimate of drug-likeness (QED) is 0.506. The van der Waals surface area contributed by atoms with E-state index in [-0.39, 0.29) is 11.8 Å². The van der Waals surface area contributed by atoms with Crippen LogP contribution in [0.2, 0.25) is 0 Å². The third kappa shape index (κ3) is 7.08. The molecular formula is C14H27N3O4. The van der Waals surface area contributed by atoms with E-state index in [1.54, 1.807) is 13.8 Å². The Bertz CT molecular complexity index is 380. The summed E-state index contributed by atoms with van der Waals surface area (Å²) in [5.41, 5.74) is 5.46. The molecule has 21 heavy (non-hydrogen) atoms. The third-order valence-electron chi connectivity index (χ3n) is 2.98. The molecule has 3 atom stereocenters. The number of aliphatic carboxylic acids is 1. The Morgan fingerprint density at radius 1 is 1.00 bits per heavy atom. The molecule has 5 N–H and O–H groups in total. The molecule has 0 radical (unpaired) electrons. The summed E-state index contributed by atoms with van der Waals surface area (Å²) in [6, 6.07) is -2.51. The van der Waals surface area contributed by atoms with Crippen LogP contribution in [0.3, 0.4) is 0 Å². The Morgan fingerprint density at radius 2 is 1.52 bits per heavy atom. The number of carbonyl (C=O) groups excluding carboxylic acids is 2. The summed E-state index contributed by atoms with van der Waals surface area (Å²) in [5, 5.41) is 14.2. The Balaban J connectivity index is 4.88. The lowest BCUT2D eigenvalue weighted by molar-refractivity contribution is -0.143. The molecule has 0 aliphatic rings. The van der Waals surface area contributed by atoms with Gasteiger partial charge in [-0.1, -0.05) is 27.7 Å². The number of rotatable bonds is 8. The van der Waals surface area contributed by atoms with Crippen LogP contribution < -0.4 is 16.4 Å². The summed E-state index contributed by atoms with van der Waals surface area (Å²) >= 11 is 0. The van der Waals surface area contributed by atoms with Gasteiger partial charge in [-0.05, 0) is 25.2 Å². The standard InChI is InChI=1S/C14H27N3O4/c1-7(2)6-10(14(20)21)16-13(19)11(8(3)4)17-12(18)9(5)15/h7-11H,6,15H2,1-5H3,(H,16,19)(H,17,18)(H,20,21)/t9-,10+,11-/m1/s1. The van der Waals surface area contributed by atoms with Crippen LogP contribution in [0.5, 0.6) is 0 Å². The van der Waals surface area contributed by atoms with Crippen molar-refractivity contribution >= 4 is 17.8 Å². The van der Waals surface area contributed by atoms with Gasteiger partial charge in [0.15, 0.2) is 0 Å². The van der Waals surface area contributed by atoms with Crippen molar-refractivity contribution in [3.63, 3.8) is 0 Å². The van der Waals surface area contributed by atoms with Crippen molar-refractivity contribution in [3.05, 3.63) is 0 Å². The van der Waals surface area contributed by atoms with Crippen molar-refractivity contribution in [2.75, 3.05) is 0 Å². The molecule has 0 saturated carbocycles. The summed E-state index contributed by atoms with van der Waals surface area (Å²) in [6.07, 6.45) is 0.327. The molecule has 0 aromatic heterocycles. The van der Waals surface area contributed by atoms with E-state index >= 15 is 0 Å². The highest BCUT2D eigenvalue weighted by Gasteiger charge is 2.29. The van der Waals surface area contributed by atoms with Crippen LogP contribution in [-0.4, -0.2) is 41.0 Å². The summed E-state index contributed by atoms with van der Waals surface area (Å²) in [5.74, 6) is -2.09. The number of amides is 2. The molecule has 0 aliphatic heterocycles. The van der Waals surface area contributed by atoms with E-state index in [0.29, 0.717) is 6.42 Å². The smallest absolute Gasteiger partial charge is 0.326 e. The van der Waals surface area contributed by atoms with E-state index in [2.05, 4.69) is 10.6 Å². The maximum absolute atomic E-state index is 12.2. The maximum atomic E-state index is 12.2. The zero-order valence-electron chi connectivity index (χ0n) is 13.3. The second-order valence-corrected chi connectivity index (χ2v) is 6.05. The van der Waals surface area contributed by atoms with E-state index in [0.717, 1.165) is 0 Å². The highest BCUT2D eigenvalue weighted by atomic mass is 16.4. The molecule has 0 aromatic rings. The Morgan fingerprint density at radius 3 is 1.86 bits per heavy atom. The molecule has 0 bridgehead atoms. The molecule has 0 fully saturated rings. The number of nitrogens with two attached hydrogens (primary N) is 1. The largest absolute Gasteiger partial charge is 0.480 e. The van der Waals surface area contributed by atoms with E-state index in [1.165, 1.54) is 6.92 Å². The zero-order chi connectivity index (χ0) is 16.7. The average Bonchev–Trinajstić information content (AvgIpc) is 2.33. The highest BCUT2D eigenvalue weighted by Crippen LogP contribution is 2.08. The SMILES string of the molecule is CC(C)C[C@H](NC(=O)[C@H](NC(=O)[C@@H](C)N)C(C)C)C(=O)O. The molecule has 122 valence electrons. The molecule has 2 amide bonds. The van der Waals surface area contributed by atoms with Crippen LogP contribution in [0.1, 0.15) is 41.0 Å². The summed E-state index contributed by atoms with van der Waals surface area (Å²) in [4.78, 5) is 35.0. The first kappa shape index (κ1) is 19.4. The van der Waals surface area contributed by atoms with Crippen LogP contribution in [0.25, 0.3) is 0 Å². The predicted molar refractivity (Wildman–Crippen MR) is 79.4 cm³/mol. The third-order valence-corrected chi connectivity index (χ3v) is 2.98. The second-order valence-electron chi connectivity index (χ2n) is 6.05. The fourth-order valence-corrected chi connectivity index (χ4v) is 1.77. The molecule has 0 rings (SSSR count). The lowest BCUT2D eigenvalue weighted by Gasteiger charge is -2.25. The lowest BCUT2D eigenvalue weighted by Crippen LogP contribution is -2.56. The van der Waals surface area contributed by atoms with Gasteiger partial charge in [0, 0.05) is 0 Å². The number of nitrogens with one attached hydrogen (secondary N) is 2. The molecule has 0 aliphatic carbocycles. The first-order chi connectivity index (χ1) is 9.56. The number of carbonyl (C=O) groups is 3. The van der Waals surface area contributed by atoms with Crippen LogP contribution in [0.4, 0.5) is 0 Å². The molecule has 7 nitrogen and oxygen atoms in total. The summed E-state index contributed by atoms with van der Waals surface area (Å²) in [6.45, 7) is 8.80. The zero-order valence-corrected chi connectivity index (χ0v) is 13.3. The van der Waals surface area contributed by atoms with Crippen LogP contribution in [0.15, 0.2) is 0 Å². The Kier molecular flexibility index (Phi) is 7.94. The van der Waals surface area contributed by atoms with Crippen molar-refractivity contribution < 1.29 is 19.5 Å². The number of hydrogen-bond donors (Lipinski definition) is 4. The topological polar surface area (TPSA) is 122 Å². The second kappa shape index (κ2) is 8.61. The Labute approximate surface area is 125 Å². The first-order valence-corrected chi connectivity index (χ1v) is 7.15. The minimum absolute atomic E-state index is 0.127. The van der Waals surface area contributed by atoms with Gasteiger partial charge >= 0.3 is 5.97 Å². The van der Waals surface area contributed by atoms with Gasteiger partial charge in [0.1, 0.15) is 12.1 Å². The minimum Gasteiger partial charge on any atom is -0.480 e. The van der Waals surface area contributed by atoms with Gasteiger partial charge in [0.2, 0.25) is 11.8 Å². The normalized spacial score (nSPS) is 15.4. The van der Waals surface area contributed by atoms with Gasteiger partial charge in [0.05, 0.1) is 6.04 Å². The summed E-state index contributed by atoms with van der Waals surface area (Å²) < 4.78 is 0. The fourth-order valence-electron chi connectivity index (χ4n) is 1.77. The van der Waals surface area contributed by atoms with Gasteiger partial charge in [-0.25, -0.2) is 4.79 Å². The van der Waals surface area contributed by atoms with Crippen molar-refractivity contribution in [3.8, 4) is 0 Å². The number of carboxylic acids is 1. The van der Waals surface area contributed by atoms with Gasteiger partial charge in [-0.3, -0.25) is 9.59 Å². The van der Waals surface area contributed by atoms with E-state index < -0.39 is 35.9 Å². The average molecular weight is 301 g/mol. The maximum Gasteiger partial charge on any atom is 0.326 e. The van der Waals surface area contributed by atoms with E-state index in [9.17, 15) is 14.4 Å². The van der Waals surface area contributed by atoms with Crippen molar-refractivity contribution in [2.45, 2.75) is 59.2 Å². The molecule has 0 unspecified atom stereocenters. The predicted octanol–water partition coefficient (Wildman–Crippen LogP) is 0.0899. The van der Waals surface area contributed by atoms with E-state index in [4.69, 9.17) is 10.8 Å². The minimum atomic E-state index is -1.09. The van der Waals surface area contributed by atoms with Crippen molar-refractivity contribution in [2.24, 2.45) is 17.6 Å². The molecule has 0 spiro atoms. The molecule has 0 saturated heterocycles. The fraction of sp³-hybridized carbons (Fsp3) is 0.786. The monoisotopic (exact) mass is 301 g/mol. The highest BCUT2D eigenvalue weighted by molar-refractivity contribution is 5.91. The first-order valence-electron chi connectivity index (χ1n) is 7.15. The molecule has 0 aromatic carbocycles. The van der Waals surface area contributed by atoms with E-state index in [1.807, 2.05) is 13.8 Å². The van der Waals surface area contributed by atoms with Crippen molar-refractivity contribution in [1.82, 2.24) is 10.6 Å². The van der Waals surface area contributed by atoms with Gasteiger partial charge < -0.3 is 21.5 Å². The summed E-state index contributed by atoms with van der Waals surface area (Å²) in [7, 11) is 0. The van der Waals surface area contributed by atoms with Gasteiger partial charge in [0.25, 0.3) is 0 Å². The Hall–Kier alpha value is -1.63. The number of carboxylic acid groups (broad SMARTS) is 1. The van der Waals surface area contributed by atoms with Crippen molar-refractivity contribution in [1.29, 1.82) is 0 Å². The number of hydrogen-bond acceptors (Lipinski definition) is 4. The van der Waals surface area contributed by atoms with Crippen LogP contribution in [-0.2, 0) is 14.4 Å². The van der Waals surface area contributed by atoms with Crippen LogP contribution >= 0.6 is 0 Å². The molecule has 7 heteroatoms. The lowest BCUT2D eigenvalue weighted by atomic mass is 10.00. The molecule has 0 heterocycles.